The van der Waals surface area contributed by atoms with Crippen LogP contribution in [0, 0.1) is 6.92 Å². The molecule has 2 aromatic heterocycles. The summed E-state index contributed by atoms with van der Waals surface area (Å²) in [6.07, 6.45) is 2.06. The molecule has 1 amide bonds. The molecule has 1 aromatic carbocycles. The van der Waals surface area contributed by atoms with E-state index in [1.165, 1.54) is 0 Å². The third-order valence-electron chi connectivity index (χ3n) is 3.97. The van der Waals surface area contributed by atoms with E-state index in [0.717, 1.165) is 11.1 Å². The van der Waals surface area contributed by atoms with Crippen LogP contribution in [0.25, 0.3) is 22.5 Å². The highest BCUT2D eigenvalue weighted by molar-refractivity contribution is 5.90. The summed E-state index contributed by atoms with van der Waals surface area (Å²) in [5, 5.41) is 21.6. The Morgan fingerprint density at radius 3 is 2.22 bits per heavy atom. The quantitative estimate of drug-likeness (QED) is 0.649. The number of rotatable bonds is 4. The van der Waals surface area contributed by atoms with Gasteiger partial charge >= 0.3 is 6.09 Å². The molecule has 7 nitrogen and oxygen atoms in total. The van der Waals surface area contributed by atoms with E-state index in [2.05, 4.69) is 20.3 Å². The maximum atomic E-state index is 11.2. The van der Waals surface area contributed by atoms with Gasteiger partial charge in [-0.25, -0.2) is 19.7 Å². The van der Waals surface area contributed by atoms with E-state index < -0.39 is 11.7 Å². The average molecular weight is 364 g/mol. The zero-order chi connectivity index (χ0) is 19.6. The second-order valence-electron chi connectivity index (χ2n) is 6.70. The van der Waals surface area contributed by atoms with Crippen molar-refractivity contribution in [3.05, 3.63) is 60.2 Å². The molecule has 0 saturated carbocycles. The lowest BCUT2D eigenvalue weighted by Gasteiger charge is -2.16. The van der Waals surface area contributed by atoms with Crippen LogP contribution in [-0.2, 0) is 5.60 Å². The number of benzene rings is 1. The zero-order valence-electron chi connectivity index (χ0n) is 15.3. The first kappa shape index (κ1) is 18.5. The molecule has 0 unspecified atom stereocenters. The molecular weight excluding hydrogens is 344 g/mol. The first-order chi connectivity index (χ1) is 12.8. The van der Waals surface area contributed by atoms with Gasteiger partial charge in [-0.05, 0) is 32.4 Å². The maximum Gasteiger partial charge on any atom is 0.409 e. The van der Waals surface area contributed by atoms with E-state index >= 15 is 0 Å². The molecule has 0 aliphatic carbocycles. The van der Waals surface area contributed by atoms with Crippen LogP contribution in [0.5, 0.6) is 0 Å². The van der Waals surface area contributed by atoms with Crippen LogP contribution in [0.15, 0.2) is 48.8 Å². The highest BCUT2D eigenvalue weighted by Gasteiger charge is 2.20. The summed E-state index contributed by atoms with van der Waals surface area (Å²) in [4.78, 5) is 24.3. The van der Waals surface area contributed by atoms with E-state index in [1.54, 1.807) is 32.3 Å². The molecule has 0 aliphatic heterocycles. The number of pyridine rings is 1. The Balaban J connectivity index is 2.13. The van der Waals surface area contributed by atoms with Gasteiger partial charge in [-0.2, -0.15) is 0 Å². The van der Waals surface area contributed by atoms with Crippen LogP contribution in [0.4, 0.5) is 10.5 Å². The Labute approximate surface area is 156 Å². The standard InChI is InChI=1S/C20H20N4O3/c1-12-9-15(23-19(25)26)17(13-7-5-4-6-8-13)24-16(12)14-10-21-18(22-11-14)20(2,3)27/h4-11,23,27H,1-3H3,(H,25,26). The summed E-state index contributed by atoms with van der Waals surface area (Å²) in [5.74, 6) is 0.316. The predicted octanol–water partition coefficient (Wildman–Crippen LogP) is 3.83. The highest BCUT2D eigenvalue weighted by atomic mass is 16.4. The number of aliphatic hydroxyl groups is 1. The highest BCUT2D eigenvalue weighted by Crippen LogP contribution is 2.32. The van der Waals surface area contributed by atoms with Crippen molar-refractivity contribution in [3.63, 3.8) is 0 Å². The Hall–Kier alpha value is -3.32. The number of hydrogen-bond donors (Lipinski definition) is 3. The van der Waals surface area contributed by atoms with Gasteiger partial charge in [0.05, 0.1) is 17.1 Å². The van der Waals surface area contributed by atoms with Crippen molar-refractivity contribution in [3.8, 4) is 22.5 Å². The molecule has 0 saturated heterocycles. The molecular formula is C20H20N4O3. The molecule has 3 rings (SSSR count). The van der Waals surface area contributed by atoms with Crippen molar-refractivity contribution in [2.75, 3.05) is 5.32 Å². The van der Waals surface area contributed by atoms with Gasteiger partial charge in [0.1, 0.15) is 5.60 Å². The van der Waals surface area contributed by atoms with Gasteiger partial charge in [-0.15, -0.1) is 0 Å². The Bertz CT molecular complexity index is 965. The van der Waals surface area contributed by atoms with Gasteiger partial charge in [-0.1, -0.05) is 30.3 Å². The molecule has 0 bridgehead atoms. The fourth-order valence-electron chi connectivity index (χ4n) is 2.70. The third-order valence-corrected chi connectivity index (χ3v) is 3.97. The molecule has 7 heteroatoms. The van der Waals surface area contributed by atoms with Crippen LogP contribution in [0.3, 0.4) is 0 Å². The van der Waals surface area contributed by atoms with Gasteiger partial charge in [-0.3, -0.25) is 5.32 Å². The minimum absolute atomic E-state index is 0.316. The summed E-state index contributed by atoms with van der Waals surface area (Å²) >= 11 is 0. The molecule has 0 aliphatic rings. The van der Waals surface area contributed by atoms with E-state index in [9.17, 15) is 9.90 Å². The lowest BCUT2D eigenvalue weighted by molar-refractivity contribution is 0.0687. The van der Waals surface area contributed by atoms with E-state index in [0.29, 0.717) is 28.5 Å². The number of aromatic nitrogens is 3. The van der Waals surface area contributed by atoms with Gasteiger partial charge in [0.2, 0.25) is 0 Å². The Morgan fingerprint density at radius 2 is 1.67 bits per heavy atom. The number of carboxylic acid groups (broad SMARTS) is 1. The lowest BCUT2D eigenvalue weighted by Crippen LogP contribution is -2.19. The predicted molar refractivity (Wildman–Crippen MR) is 102 cm³/mol. The summed E-state index contributed by atoms with van der Waals surface area (Å²) in [7, 11) is 0. The van der Waals surface area contributed by atoms with Crippen LogP contribution in [0.2, 0.25) is 0 Å². The molecule has 3 N–H and O–H groups in total. The minimum atomic E-state index is -1.15. The monoisotopic (exact) mass is 364 g/mol. The molecule has 3 aromatic rings. The SMILES string of the molecule is Cc1cc(NC(=O)O)c(-c2ccccc2)nc1-c1cnc(C(C)(C)O)nc1. The van der Waals surface area contributed by atoms with Crippen molar-refractivity contribution in [2.24, 2.45) is 0 Å². The van der Waals surface area contributed by atoms with Crippen molar-refractivity contribution in [2.45, 2.75) is 26.4 Å². The topological polar surface area (TPSA) is 108 Å². The summed E-state index contributed by atoms with van der Waals surface area (Å²) < 4.78 is 0. The van der Waals surface area contributed by atoms with Crippen molar-refractivity contribution >= 4 is 11.8 Å². The summed E-state index contributed by atoms with van der Waals surface area (Å²) in [6.45, 7) is 5.07. The molecule has 0 atom stereocenters. The molecule has 0 fully saturated rings. The molecule has 138 valence electrons. The number of nitrogens with zero attached hydrogens (tertiary/aromatic N) is 3. The number of carbonyl (C=O) groups is 1. The number of aryl methyl sites for hydroxylation is 1. The van der Waals surface area contributed by atoms with Crippen LogP contribution in [0.1, 0.15) is 25.2 Å². The smallest absolute Gasteiger partial charge is 0.409 e. The Morgan fingerprint density at radius 1 is 1.04 bits per heavy atom. The largest absolute Gasteiger partial charge is 0.465 e. The summed E-state index contributed by atoms with van der Waals surface area (Å²) in [5.41, 5.74) is 2.68. The van der Waals surface area contributed by atoms with Gasteiger partial charge in [0.25, 0.3) is 0 Å². The second-order valence-corrected chi connectivity index (χ2v) is 6.70. The number of nitrogens with one attached hydrogen (secondary N) is 1. The molecule has 0 spiro atoms. The third kappa shape index (κ3) is 4.09. The minimum Gasteiger partial charge on any atom is -0.465 e. The zero-order valence-corrected chi connectivity index (χ0v) is 15.3. The number of amides is 1. The molecule has 2 heterocycles. The lowest BCUT2D eigenvalue weighted by atomic mass is 10.0. The van der Waals surface area contributed by atoms with E-state index in [-0.39, 0.29) is 0 Å². The average Bonchev–Trinajstić information content (AvgIpc) is 2.61. The Kier molecular flexibility index (Phi) is 4.87. The van der Waals surface area contributed by atoms with E-state index in [1.807, 2.05) is 37.3 Å². The van der Waals surface area contributed by atoms with Crippen LogP contribution >= 0.6 is 0 Å². The van der Waals surface area contributed by atoms with Crippen LogP contribution in [-0.4, -0.2) is 31.3 Å². The number of hydrogen-bond acceptors (Lipinski definition) is 5. The van der Waals surface area contributed by atoms with Crippen LogP contribution < -0.4 is 5.32 Å². The number of anilines is 1. The van der Waals surface area contributed by atoms with Gasteiger partial charge in [0.15, 0.2) is 5.82 Å². The fourth-order valence-corrected chi connectivity index (χ4v) is 2.70. The first-order valence-electron chi connectivity index (χ1n) is 8.38. The van der Waals surface area contributed by atoms with Crippen molar-refractivity contribution < 1.29 is 15.0 Å². The van der Waals surface area contributed by atoms with Crippen molar-refractivity contribution in [1.82, 2.24) is 15.0 Å². The second kappa shape index (κ2) is 7.13. The maximum absolute atomic E-state index is 11.2. The van der Waals surface area contributed by atoms with E-state index in [4.69, 9.17) is 5.11 Å². The van der Waals surface area contributed by atoms with Gasteiger partial charge < -0.3 is 10.2 Å². The fraction of sp³-hybridized carbons (Fsp3) is 0.200. The van der Waals surface area contributed by atoms with Gasteiger partial charge in [0, 0.05) is 23.5 Å². The first-order valence-corrected chi connectivity index (χ1v) is 8.38. The van der Waals surface area contributed by atoms with Crippen molar-refractivity contribution in [1.29, 1.82) is 0 Å². The normalized spacial score (nSPS) is 11.3. The molecule has 27 heavy (non-hydrogen) atoms. The molecule has 0 radical (unpaired) electrons. The summed E-state index contributed by atoms with van der Waals surface area (Å²) in [6, 6.07) is 11.1.